The van der Waals surface area contributed by atoms with Crippen molar-refractivity contribution >= 4 is 30.1 Å². The molecule has 0 spiro atoms. The molecule has 22 heavy (non-hydrogen) atoms. The van der Waals surface area contributed by atoms with Crippen LogP contribution in [-0.4, -0.2) is 24.2 Å². The topological polar surface area (TPSA) is 55.1 Å². The molecule has 1 atom stereocenters. The number of halogens is 4. The molecule has 2 rings (SSSR count). The Balaban J connectivity index is 0.00000242. The summed E-state index contributed by atoms with van der Waals surface area (Å²) in [6.45, 7) is 0.393. The van der Waals surface area contributed by atoms with Crippen LogP contribution >= 0.6 is 24.2 Å². The highest BCUT2D eigenvalue weighted by Crippen LogP contribution is 2.33. The highest BCUT2D eigenvalue weighted by molar-refractivity contribution is 8.00. The van der Waals surface area contributed by atoms with E-state index >= 15 is 0 Å². The van der Waals surface area contributed by atoms with E-state index in [1.165, 1.54) is 6.07 Å². The monoisotopic (exact) mass is 354 g/mol. The fourth-order valence-corrected chi connectivity index (χ4v) is 2.79. The average Bonchev–Trinajstić information content (AvgIpc) is 3.26. The first kappa shape index (κ1) is 19.1. The molecule has 8 heteroatoms. The van der Waals surface area contributed by atoms with E-state index < -0.39 is 11.7 Å². The van der Waals surface area contributed by atoms with Gasteiger partial charge in [0.05, 0.1) is 11.3 Å². The van der Waals surface area contributed by atoms with Gasteiger partial charge in [0.15, 0.2) is 0 Å². The summed E-state index contributed by atoms with van der Waals surface area (Å²) in [5.74, 6) is 0.349. The first-order valence-electron chi connectivity index (χ1n) is 6.69. The SMILES string of the molecule is Cl.NCC(NC(=O)CSc1cccc(C(F)(F)F)c1)C1CC1. The van der Waals surface area contributed by atoms with Gasteiger partial charge in [0.2, 0.25) is 5.91 Å². The third kappa shape index (κ3) is 5.70. The van der Waals surface area contributed by atoms with Gasteiger partial charge < -0.3 is 11.1 Å². The molecule has 3 nitrogen and oxygen atoms in total. The van der Waals surface area contributed by atoms with Gasteiger partial charge in [0, 0.05) is 17.5 Å². The molecule has 1 saturated carbocycles. The number of carbonyl (C=O) groups excluding carboxylic acids is 1. The highest BCUT2D eigenvalue weighted by Gasteiger charge is 2.31. The van der Waals surface area contributed by atoms with E-state index in [-0.39, 0.29) is 30.1 Å². The second-order valence-electron chi connectivity index (χ2n) is 5.06. The second kappa shape index (κ2) is 8.08. The molecule has 1 aromatic rings. The third-order valence-electron chi connectivity index (χ3n) is 3.32. The zero-order valence-electron chi connectivity index (χ0n) is 11.7. The Morgan fingerprint density at radius 2 is 2.09 bits per heavy atom. The van der Waals surface area contributed by atoms with E-state index in [0.717, 1.165) is 36.7 Å². The summed E-state index contributed by atoms with van der Waals surface area (Å²) >= 11 is 1.09. The van der Waals surface area contributed by atoms with Crippen molar-refractivity contribution in [2.45, 2.75) is 30.0 Å². The first-order chi connectivity index (χ1) is 9.90. The number of alkyl halides is 3. The van der Waals surface area contributed by atoms with Crippen LogP contribution < -0.4 is 11.1 Å². The van der Waals surface area contributed by atoms with Crippen molar-refractivity contribution < 1.29 is 18.0 Å². The maximum atomic E-state index is 12.6. The lowest BCUT2D eigenvalue weighted by molar-refractivity contribution is -0.137. The van der Waals surface area contributed by atoms with Gasteiger partial charge in [-0.05, 0) is 37.0 Å². The van der Waals surface area contributed by atoms with E-state index in [9.17, 15) is 18.0 Å². The molecule has 1 aromatic carbocycles. The Hall–Kier alpha value is -0.920. The normalized spacial score (nSPS) is 15.8. The molecule has 0 aliphatic heterocycles. The van der Waals surface area contributed by atoms with Crippen LogP contribution in [0.1, 0.15) is 18.4 Å². The maximum Gasteiger partial charge on any atom is 0.416 e. The van der Waals surface area contributed by atoms with Crippen LogP contribution in [0.5, 0.6) is 0 Å². The number of benzene rings is 1. The standard InChI is InChI=1S/C14H17F3N2OS.ClH/c15-14(16,17)10-2-1-3-11(6-10)21-8-13(20)19-12(7-18)9-4-5-9;/h1-3,6,9,12H,4-5,7-8,18H2,(H,19,20);1H. The van der Waals surface area contributed by atoms with E-state index in [1.54, 1.807) is 6.07 Å². The predicted octanol–water partition coefficient (Wildman–Crippen LogP) is 3.07. The Morgan fingerprint density at radius 3 is 2.64 bits per heavy atom. The van der Waals surface area contributed by atoms with Gasteiger partial charge in [-0.15, -0.1) is 24.2 Å². The molecule has 3 N–H and O–H groups in total. The summed E-state index contributed by atoms with van der Waals surface area (Å²) in [7, 11) is 0. The molecule has 1 unspecified atom stereocenters. The quantitative estimate of drug-likeness (QED) is 0.772. The number of thioether (sulfide) groups is 1. The van der Waals surface area contributed by atoms with Gasteiger partial charge in [0.25, 0.3) is 0 Å². The largest absolute Gasteiger partial charge is 0.416 e. The van der Waals surface area contributed by atoms with Crippen LogP contribution in [0.15, 0.2) is 29.2 Å². The molecule has 1 fully saturated rings. The molecule has 0 saturated heterocycles. The summed E-state index contributed by atoms with van der Waals surface area (Å²) < 4.78 is 37.7. The summed E-state index contributed by atoms with van der Waals surface area (Å²) in [4.78, 5) is 12.2. The van der Waals surface area contributed by atoms with Crippen molar-refractivity contribution in [3.63, 3.8) is 0 Å². The van der Waals surface area contributed by atoms with Crippen LogP contribution in [0.3, 0.4) is 0 Å². The van der Waals surface area contributed by atoms with Crippen molar-refractivity contribution in [2.24, 2.45) is 11.7 Å². The first-order valence-corrected chi connectivity index (χ1v) is 7.68. The molecule has 0 heterocycles. The van der Waals surface area contributed by atoms with Crippen LogP contribution in [0.4, 0.5) is 13.2 Å². The molecule has 0 bridgehead atoms. The Kier molecular flexibility index (Phi) is 7.02. The summed E-state index contributed by atoms with van der Waals surface area (Å²) in [5, 5.41) is 2.84. The van der Waals surface area contributed by atoms with E-state index in [1.807, 2.05) is 0 Å². The number of nitrogens with one attached hydrogen (secondary N) is 1. The fourth-order valence-electron chi connectivity index (χ4n) is 2.03. The van der Waals surface area contributed by atoms with E-state index in [2.05, 4.69) is 5.32 Å². The van der Waals surface area contributed by atoms with Crippen LogP contribution in [0.25, 0.3) is 0 Å². The molecule has 0 aromatic heterocycles. The van der Waals surface area contributed by atoms with Crippen molar-refractivity contribution in [1.82, 2.24) is 5.32 Å². The molecule has 1 amide bonds. The summed E-state index contributed by atoms with van der Waals surface area (Å²) in [6, 6.07) is 4.96. The minimum Gasteiger partial charge on any atom is -0.351 e. The van der Waals surface area contributed by atoms with Crippen molar-refractivity contribution in [2.75, 3.05) is 12.3 Å². The average molecular weight is 355 g/mol. The molecule has 1 aliphatic rings. The molecule has 124 valence electrons. The molecular weight excluding hydrogens is 337 g/mol. The smallest absolute Gasteiger partial charge is 0.351 e. The summed E-state index contributed by atoms with van der Waals surface area (Å²) in [6.07, 6.45) is -2.22. The highest BCUT2D eigenvalue weighted by atomic mass is 35.5. The van der Waals surface area contributed by atoms with E-state index in [4.69, 9.17) is 5.73 Å². The lowest BCUT2D eigenvalue weighted by Crippen LogP contribution is -2.42. The van der Waals surface area contributed by atoms with Crippen LogP contribution in [-0.2, 0) is 11.0 Å². The maximum absolute atomic E-state index is 12.6. The van der Waals surface area contributed by atoms with Gasteiger partial charge in [-0.25, -0.2) is 0 Å². The minimum absolute atomic E-state index is 0. The zero-order chi connectivity index (χ0) is 15.5. The zero-order valence-corrected chi connectivity index (χ0v) is 13.4. The number of nitrogens with two attached hydrogens (primary N) is 1. The Bertz CT molecular complexity index is 509. The number of amides is 1. The molecule has 0 radical (unpaired) electrons. The van der Waals surface area contributed by atoms with Gasteiger partial charge >= 0.3 is 6.18 Å². The lowest BCUT2D eigenvalue weighted by Gasteiger charge is -2.15. The van der Waals surface area contributed by atoms with Crippen molar-refractivity contribution in [3.05, 3.63) is 29.8 Å². The third-order valence-corrected chi connectivity index (χ3v) is 4.32. The summed E-state index contributed by atoms with van der Waals surface area (Å²) in [5.41, 5.74) is 4.89. The van der Waals surface area contributed by atoms with Gasteiger partial charge in [0.1, 0.15) is 0 Å². The molecular formula is C14H18ClF3N2OS. The predicted molar refractivity (Wildman–Crippen MR) is 83.1 cm³/mol. The van der Waals surface area contributed by atoms with Gasteiger partial charge in [-0.2, -0.15) is 13.2 Å². The van der Waals surface area contributed by atoms with Gasteiger partial charge in [-0.3, -0.25) is 4.79 Å². The van der Waals surface area contributed by atoms with Crippen LogP contribution in [0.2, 0.25) is 0 Å². The van der Waals surface area contributed by atoms with Gasteiger partial charge in [-0.1, -0.05) is 6.07 Å². The number of hydrogen-bond acceptors (Lipinski definition) is 3. The molecule has 1 aliphatic carbocycles. The fraction of sp³-hybridized carbons (Fsp3) is 0.500. The van der Waals surface area contributed by atoms with Crippen molar-refractivity contribution in [3.8, 4) is 0 Å². The number of carbonyl (C=O) groups is 1. The Labute approximate surface area is 137 Å². The lowest BCUT2D eigenvalue weighted by atomic mass is 10.2. The second-order valence-corrected chi connectivity index (χ2v) is 6.11. The van der Waals surface area contributed by atoms with Crippen molar-refractivity contribution in [1.29, 1.82) is 0 Å². The minimum atomic E-state index is -4.37. The van der Waals surface area contributed by atoms with E-state index in [0.29, 0.717) is 17.4 Å². The number of hydrogen-bond donors (Lipinski definition) is 2. The van der Waals surface area contributed by atoms with Crippen LogP contribution in [0, 0.1) is 5.92 Å². The Morgan fingerprint density at radius 1 is 1.41 bits per heavy atom. The number of rotatable bonds is 6.